The zero-order chi connectivity index (χ0) is 31.2. The summed E-state index contributed by atoms with van der Waals surface area (Å²) in [5.74, 6) is 1.45. The molecule has 1 aliphatic heterocycles. The van der Waals surface area contributed by atoms with Gasteiger partial charge in [0.2, 0.25) is 0 Å². The summed E-state index contributed by atoms with van der Waals surface area (Å²) < 4.78 is 6.41. The number of furan rings is 1. The third-order valence-electron chi connectivity index (χ3n) is 8.98. The van der Waals surface area contributed by atoms with Gasteiger partial charge < -0.3 is 9.73 Å². The lowest BCUT2D eigenvalue weighted by Gasteiger charge is -2.25. The maximum atomic E-state index is 6.41. The van der Waals surface area contributed by atoms with Gasteiger partial charge in [-0.2, -0.15) is 0 Å². The minimum absolute atomic E-state index is 0.356. The summed E-state index contributed by atoms with van der Waals surface area (Å²) in [6.07, 6.45) is -0.356. The molecule has 47 heavy (non-hydrogen) atoms. The van der Waals surface area contributed by atoms with Crippen LogP contribution in [0.25, 0.3) is 55.0 Å². The Morgan fingerprint density at radius 1 is 0.489 bits per heavy atom. The molecule has 1 unspecified atom stereocenters. The molecule has 8 aromatic rings. The molecule has 0 aliphatic carbocycles. The van der Waals surface area contributed by atoms with E-state index < -0.39 is 0 Å². The predicted octanol–water partition coefficient (Wildman–Crippen LogP) is 10.6. The SMILES string of the molecule is c1ccc(C2=NC(c3c(-c4ccc(-c5ccccc5)cc4)ccc4oc5ccccc5c34)=NC(c3cccc4ccccc34)N2)cc1. The van der Waals surface area contributed by atoms with Crippen LogP contribution in [0.3, 0.4) is 0 Å². The summed E-state index contributed by atoms with van der Waals surface area (Å²) in [6, 6.07) is 56.9. The van der Waals surface area contributed by atoms with Crippen molar-refractivity contribution in [2.75, 3.05) is 0 Å². The highest BCUT2D eigenvalue weighted by Crippen LogP contribution is 2.39. The quantitative estimate of drug-likeness (QED) is 0.213. The van der Waals surface area contributed by atoms with E-state index in [0.29, 0.717) is 5.84 Å². The van der Waals surface area contributed by atoms with E-state index in [9.17, 15) is 0 Å². The second-order valence-corrected chi connectivity index (χ2v) is 11.8. The lowest BCUT2D eigenvalue weighted by Crippen LogP contribution is -2.33. The van der Waals surface area contributed by atoms with Crippen LogP contribution >= 0.6 is 0 Å². The van der Waals surface area contributed by atoms with E-state index in [1.807, 2.05) is 36.4 Å². The van der Waals surface area contributed by atoms with Crippen LogP contribution < -0.4 is 5.32 Å². The molecule has 0 bridgehead atoms. The van der Waals surface area contributed by atoms with Crippen LogP contribution in [0.4, 0.5) is 0 Å². The van der Waals surface area contributed by atoms with Crippen molar-refractivity contribution in [3.63, 3.8) is 0 Å². The number of para-hydroxylation sites is 1. The maximum Gasteiger partial charge on any atom is 0.160 e. The van der Waals surface area contributed by atoms with Gasteiger partial charge in [-0.05, 0) is 51.2 Å². The number of rotatable bonds is 5. The zero-order valence-corrected chi connectivity index (χ0v) is 25.5. The van der Waals surface area contributed by atoms with Gasteiger partial charge in [0.25, 0.3) is 0 Å². The summed E-state index contributed by atoms with van der Waals surface area (Å²) in [5.41, 5.74) is 9.21. The van der Waals surface area contributed by atoms with Crippen molar-refractivity contribution >= 4 is 44.4 Å². The van der Waals surface area contributed by atoms with Gasteiger partial charge in [-0.15, -0.1) is 0 Å². The Morgan fingerprint density at radius 2 is 1.13 bits per heavy atom. The van der Waals surface area contributed by atoms with Crippen LogP contribution in [-0.4, -0.2) is 11.7 Å². The molecular weight excluding hydrogens is 574 g/mol. The van der Waals surface area contributed by atoms with Crippen molar-refractivity contribution in [3.05, 3.63) is 180 Å². The molecule has 222 valence electrons. The topological polar surface area (TPSA) is 49.9 Å². The van der Waals surface area contributed by atoms with Gasteiger partial charge in [0.05, 0.1) is 0 Å². The first-order valence-corrected chi connectivity index (χ1v) is 15.9. The maximum absolute atomic E-state index is 6.41. The van der Waals surface area contributed by atoms with Crippen LogP contribution in [0, 0.1) is 0 Å². The Balaban J connectivity index is 1.30. The normalized spacial score (nSPS) is 14.6. The monoisotopic (exact) mass is 603 g/mol. The van der Waals surface area contributed by atoms with Crippen molar-refractivity contribution in [1.82, 2.24) is 5.32 Å². The fourth-order valence-corrected chi connectivity index (χ4v) is 6.71. The Kier molecular flexibility index (Phi) is 6.50. The number of hydrogen-bond donors (Lipinski definition) is 1. The molecular formula is C43H29N3O. The molecule has 0 saturated heterocycles. The van der Waals surface area contributed by atoms with Crippen LogP contribution in [0.2, 0.25) is 0 Å². The van der Waals surface area contributed by atoms with Crippen molar-refractivity contribution in [3.8, 4) is 22.3 Å². The average Bonchev–Trinajstić information content (AvgIpc) is 3.54. The van der Waals surface area contributed by atoms with Gasteiger partial charge in [0.1, 0.15) is 23.2 Å². The molecule has 0 amide bonds. The van der Waals surface area contributed by atoms with E-state index in [-0.39, 0.29) is 6.17 Å². The summed E-state index contributed by atoms with van der Waals surface area (Å²) in [6.45, 7) is 0. The fourth-order valence-electron chi connectivity index (χ4n) is 6.71. The molecule has 1 aromatic heterocycles. The summed E-state index contributed by atoms with van der Waals surface area (Å²) in [4.78, 5) is 10.7. The standard InChI is InChI=1S/C43H29N3O/c1-3-12-28(13-4-1)29-22-24-31(25-23-29)34-26-27-38-39(36-19-9-10-21-37(36)47-38)40(34)43-45-41(32-15-5-2-6-16-32)44-42(46-43)35-20-11-17-30-14-7-8-18-33(30)35/h1-27,42H,(H,44,45,46). The molecule has 7 aromatic carbocycles. The van der Waals surface area contributed by atoms with Crippen LogP contribution in [0.15, 0.2) is 178 Å². The van der Waals surface area contributed by atoms with Crippen molar-refractivity contribution < 1.29 is 4.42 Å². The van der Waals surface area contributed by atoms with Gasteiger partial charge >= 0.3 is 0 Å². The third-order valence-corrected chi connectivity index (χ3v) is 8.98. The average molecular weight is 604 g/mol. The molecule has 9 rings (SSSR count). The molecule has 0 fully saturated rings. The predicted molar refractivity (Wildman–Crippen MR) is 194 cm³/mol. The molecule has 0 saturated carbocycles. The summed E-state index contributed by atoms with van der Waals surface area (Å²) in [5, 5.41) is 8.07. The number of amidine groups is 2. The van der Waals surface area contributed by atoms with Gasteiger partial charge in [-0.3, -0.25) is 0 Å². The lowest BCUT2D eigenvalue weighted by atomic mass is 9.92. The first-order valence-electron chi connectivity index (χ1n) is 15.9. The Hall–Kier alpha value is -6.26. The molecule has 1 N–H and O–H groups in total. The highest BCUT2D eigenvalue weighted by atomic mass is 16.3. The molecule has 0 radical (unpaired) electrons. The van der Waals surface area contributed by atoms with Crippen molar-refractivity contribution in [2.24, 2.45) is 9.98 Å². The second kappa shape index (κ2) is 11.3. The van der Waals surface area contributed by atoms with E-state index in [1.165, 1.54) is 16.5 Å². The Labute approximate surface area is 272 Å². The molecule has 2 heterocycles. The van der Waals surface area contributed by atoms with E-state index >= 15 is 0 Å². The van der Waals surface area contributed by atoms with E-state index in [4.69, 9.17) is 14.4 Å². The minimum atomic E-state index is -0.356. The third kappa shape index (κ3) is 4.79. The Bertz CT molecular complexity index is 2470. The number of fused-ring (bicyclic) bond motifs is 4. The first-order chi connectivity index (χ1) is 23.3. The zero-order valence-electron chi connectivity index (χ0n) is 25.5. The first kappa shape index (κ1) is 27.1. The number of benzene rings is 7. The lowest BCUT2D eigenvalue weighted by molar-refractivity contribution is 0.668. The van der Waals surface area contributed by atoms with Crippen molar-refractivity contribution in [1.29, 1.82) is 0 Å². The Morgan fingerprint density at radius 3 is 1.94 bits per heavy atom. The number of nitrogens with one attached hydrogen (secondary N) is 1. The van der Waals surface area contributed by atoms with Crippen LogP contribution in [-0.2, 0) is 0 Å². The molecule has 4 nitrogen and oxygen atoms in total. The largest absolute Gasteiger partial charge is 0.456 e. The van der Waals surface area contributed by atoms with E-state index in [2.05, 4.69) is 133 Å². The second-order valence-electron chi connectivity index (χ2n) is 11.8. The van der Waals surface area contributed by atoms with Gasteiger partial charge in [0, 0.05) is 27.5 Å². The molecule has 1 atom stereocenters. The van der Waals surface area contributed by atoms with Gasteiger partial charge in [-0.1, -0.05) is 146 Å². The van der Waals surface area contributed by atoms with Gasteiger partial charge in [-0.25, -0.2) is 9.98 Å². The van der Waals surface area contributed by atoms with E-state index in [0.717, 1.165) is 61.0 Å². The van der Waals surface area contributed by atoms with E-state index in [1.54, 1.807) is 0 Å². The summed E-state index contributed by atoms with van der Waals surface area (Å²) >= 11 is 0. The molecule has 0 spiro atoms. The number of aliphatic imine (C=N–C) groups is 2. The molecule has 4 heteroatoms. The number of hydrogen-bond acceptors (Lipinski definition) is 4. The van der Waals surface area contributed by atoms with Crippen molar-refractivity contribution in [2.45, 2.75) is 6.17 Å². The highest BCUT2D eigenvalue weighted by molar-refractivity contribution is 6.24. The highest BCUT2D eigenvalue weighted by Gasteiger charge is 2.27. The van der Waals surface area contributed by atoms with Gasteiger partial charge in [0.15, 0.2) is 5.84 Å². The molecule has 1 aliphatic rings. The fraction of sp³-hybridized carbons (Fsp3) is 0.0233. The summed E-state index contributed by atoms with van der Waals surface area (Å²) in [7, 11) is 0. The van der Waals surface area contributed by atoms with Crippen LogP contribution in [0.1, 0.15) is 22.9 Å². The smallest absolute Gasteiger partial charge is 0.160 e. The van der Waals surface area contributed by atoms with Crippen LogP contribution in [0.5, 0.6) is 0 Å². The minimum Gasteiger partial charge on any atom is -0.456 e. The number of nitrogens with zero attached hydrogens (tertiary/aromatic N) is 2.